The second kappa shape index (κ2) is 10.7. The highest BCUT2D eigenvalue weighted by atomic mass is 16.5. The maximum Gasteiger partial charge on any atom is 0.330 e. The number of fused-ring (bicyclic) bond motifs is 3. The summed E-state index contributed by atoms with van der Waals surface area (Å²) in [5, 5.41) is 4.45. The van der Waals surface area contributed by atoms with Crippen molar-refractivity contribution < 1.29 is 13.9 Å². The number of furan rings is 1. The molecule has 1 aromatic carbocycles. The van der Waals surface area contributed by atoms with Crippen molar-refractivity contribution in [2.75, 3.05) is 57.1 Å². The van der Waals surface area contributed by atoms with Crippen LogP contribution in [0.5, 0.6) is 5.75 Å². The molecule has 210 valence electrons. The lowest BCUT2D eigenvalue weighted by Crippen LogP contribution is -2.51. The third-order valence-electron chi connectivity index (χ3n) is 7.46. The van der Waals surface area contributed by atoms with Crippen molar-refractivity contribution in [1.82, 2.24) is 33.6 Å². The van der Waals surface area contributed by atoms with Crippen molar-refractivity contribution in [3.8, 4) is 17.3 Å². The minimum Gasteiger partial charge on any atom is -0.491 e. The lowest BCUT2D eigenvalue weighted by Gasteiger charge is -2.39. The quantitative estimate of drug-likeness (QED) is 0.273. The number of hydrogen-bond donors (Lipinski definition) is 1. The summed E-state index contributed by atoms with van der Waals surface area (Å²) < 4.78 is 20.9. The first-order valence-electron chi connectivity index (χ1n) is 13.3. The van der Waals surface area contributed by atoms with Gasteiger partial charge in [-0.2, -0.15) is 9.50 Å². The van der Waals surface area contributed by atoms with Gasteiger partial charge in [0.25, 0.3) is 0 Å². The van der Waals surface area contributed by atoms with Crippen LogP contribution in [-0.2, 0) is 18.3 Å². The monoisotopic (exact) mass is 547 g/mol. The highest BCUT2D eigenvalue weighted by Crippen LogP contribution is 2.24. The van der Waals surface area contributed by atoms with E-state index in [4.69, 9.17) is 19.6 Å². The van der Waals surface area contributed by atoms with E-state index in [0.717, 1.165) is 31.9 Å². The number of ether oxygens (including phenoxy) is 2. The SMILES string of the molecule is COCCOc1ccc(N2CCN(C(C)Cn3c(=O)n(C)c4c3nc(N)n3nc(-c5ccco5)nc43)CC2)cc1. The Balaban J connectivity index is 1.17. The van der Waals surface area contributed by atoms with E-state index in [9.17, 15) is 4.79 Å². The third kappa shape index (κ3) is 4.67. The second-order valence-corrected chi connectivity index (χ2v) is 9.95. The number of nitrogen functional groups attached to an aromatic ring is 1. The molecule has 1 aliphatic rings. The van der Waals surface area contributed by atoms with E-state index >= 15 is 0 Å². The van der Waals surface area contributed by atoms with Gasteiger partial charge in [-0.15, -0.1) is 5.10 Å². The van der Waals surface area contributed by atoms with Crippen LogP contribution in [0, 0.1) is 0 Å². The minimum absolute atomic E-state index is 0.109. The van der Waals surface area contributed by atoms with Crippen LogP contribution in [0.4, 0.5) is 11.6 Å². The molecule has 1 fully saturated rings. The smallest absolute Gasteiger partial charge is 0.330 e. The maximum absolute atomic E-state index is 13.4. The van der Waals surface area contributed by atoms with E-state index in [1.807, 2.05) is 12.1 Å². The van der Waals surface area contributed by atoms with E-state index in [1.54, 1.807) is 41.7 Å². The highest BCUT2D eigenvalue weighted by Gasteiger charge is 2.26. The summed E-state index contributed by atoms with van der Waals surface area (Å²) in [6, 6.07) is 11.8. The number of methoxy groups -OCH3 is 1. The van der Waals surface area contributed by atoms with Crippen molar-refractivity contribution in [3.05, 3.63) is 53.1 Å². The third-order valence-corrected chi connectivity index (χ3v) is 7.46. The van der Waals surface area contributed by atoms with E-state index in [-0.39, 0.29) is 17.7 Å². The van der Waals surface area contributed by atoms with Crippen molar-refractivity contribution in [2.45, 2.75) is 19.5 Å². The molecule has 40 heavy (non-hydrogen) atoms. The lowest BCUT2D eigenvalue weighted by atomic mass is 10.2. The molecule has 13 nitrogen and oxygen atoms in total. The van der Waals surface area contributed by atoms with Crippen LogP contribution in [0.15, 0.2) is 51.9 Å². The number of imidazole rings is 1. The van der Waals surface area contributed by atoms with Gasteiger partial charge in [0.2, 0.25) is 11.8 Å². The number of benzene rings is 1. The van der Waals surface area contributed by atoms with E-state index in [0.29, 0.717) is 48.2 Å². The van der Waals surface area contributed by atoms with Gasteiger partial charge >= 0.3 is 5.69 Å². The number of rotatable bonds is 9. The summed E-state index contributed by atoms with van der Waals surface area (Å²) >= 11 is 0. The van der Waals surface area contributed by atoms with Gasteiger partial charge < -0.3 is 24.5 Å². The largest absolute Gasteiger partial charge is 0.491 e. The molecule has 1 saturated heterocycles. The zero-order valence-corrected chi connectivity index (χ0v) is 22.9. The van der Waals surface area contributed by atoms with E-state index < -0.39 is 0 Å². The Bertz CT molecular complexity index is 1660. The Hall–Kier alpha value is -4.36. The molecular formula is C27H33N9O4. The second-order valence-electron chi connectivity index (χ2n) is 9.95. The Labute approximate surface area is 230 Å². The van der Waals surface area contributed by atoms with Gasteiger partial charge in [-0.05, 0) is 43.3 Å². The standard InChI is InChI=1S/C27H33N9O4/c1-18(33-10-12-34(13-11-33)19-6-8-20(9-7-19)39-16-15-38-3)17-35-24-22(32(2)27(35)37)25-29-23(21-5-4-14-40-21)31-36(25)26(28)30-24/h4-9,14,18H,10-13,15-17H2,1-3H3,(H2,28,30). The van der Waals surface area contributed by atoms with Crippen molar-refractivity contribution in [1.29, 1.82) is 0 Å². The maximum atomic E-state index is 13.4. The number of hydrogen-bond acceptors (Lipinski definition) is 10. The summed E-state index contributed by atoms with van der Waals surface area (Å²) in [4.78, 5) is 27.3. The number of nitrogens with two attached hydrogens (primary N) is 1. The van der Waals surface area contributed by atoms with Crippen LogP contribution in [0.1, 0.15) is 6.92 Å². The topological polar surface area (TPSA) is 134 Å². The zero-order chi connectivity index (χ0) is 27.8. The van der Waals surface area contributed by atoms with Gasteiger partial charge in [0.05, 0.1) is 12.9 Å². The van der Waals surface area contributed by atoms with Gasteiger partial charge in [0, 0.05) is 58.6 Å². The Morgan fingerprint density at radius 3 is 2.52 bits per heavy atom. The van der Waals surface area contributed by atoms with Crippen LogP contribution < -0.4 is 21.1 Å². The summed E-state index contributed by atoms with van der Waals surface area (Å²) in [5.74, 6) is 1.89. The molecule has 0 bridgehead atoms. The summed E-state index contributed by atoms with van der Waals surface area (Å²) in [6.07, 6.45) is 1.56. The number of piperazine rings is 1. The number of anilines is 2. The minimum atomic E-state index is -0.171. The highest BCUT2D eigenvalue weighted by molar-refractivity contribution is 5.88. The van der Waals surface area contributed by atoms with Crippen LogP contribution >= 0.6 is 0 Å². The van der Waals surface area contributed by atoms with Crippen molar-refractivity contribution in [2.24, 2.45) is 7.05 Å². The molecule has 0 amide bonds. The van der Waals surface area contributed by atoms with E-state index in [1.165, 1.54) is 10.2 Å². The normalized spacial score (nSPS) is 15.3. The summed E-state index contributed by atoms with van der Waals surface area (Å²) in [6.45, 7) is 7.25. The molecule has 0 aliphatic carbocycles. The molecule has 13 heteroatoms. The predicted molar refractivity (Wildman–Crippen MR) is 151 cm³/mol. The molecule has 5 heterocycles. The molecule has 0 saturated carbocycles. The predicted octanol–water partition coefficient (Wildman–Crippen LogP) is 1.86. The average Bonchev–Trinajstić information content (AvgIpc) is 3.71. The zero-order valence-electron chi connectivity index (χ0n) is 22.9. The number of aromatic nitrogens is 6. The average molecular weight is 548 g/mol. The first-order chi connectivity index (χ1) is 19.4. The molecular weight excluding hydrogens is 514 g/mol. The van der Waals surface area contributed by atoms with Crippen LogP contribution in [0.25, 0.3) is 28.4 Å². The first kappa shape index (κ1) is 25.9. The van der Waals surface area contributed by atoms with Gasteiger partial charge in [-0.1, -0.05) is 0 Å². The molecule has 1 atom stereocenters. The lowest BCUT2D eigenvalue weighted by molar-refractivity contribution is 0.146. The molecule has 2 N–H and O–H groups in total. The Morgan fingerprint density at radius 2 is 1.82 bits per heavy atom. The molecule has 1 unspecified atom stereocenters. The molecule has 0 radical (unpaired) electrons. The first-order valence-corrected chi connectivity index (χ1v) is 13.3. The Morgan fingerprint density at radius 1 is 1.05 bits per heavy atom. The number of aryl methyl sites for hydroxylation is 1. The fourth-order valence-corrected chi connectivity index (χ4v) is 5.26. The van der Waals surface area contributed by atoms with Gasteiger partial charge in [-0.25, -0.2) is 9.78 Å². The summed E-state index contributed by atoms with van der Waals surface area (Å²) in [5.41, 5.74) is 8.80. The number of nitrogens with zero attached hydrogens (tertiary/aromatic N) is 8. The van der Waals surface area contributed by atoms with Crippen molar-refractivity contribution in [3.63, 3.8) is 0 Å². The van der Waals surface area contributed by atoms with Gasteiger partial charge in [0.1, 0.15) is 17.9 Å². The molecule has 1 aliphatic heterocycles. The fraction of sp³-hybridized carbons (Fsp3) is 0.407. The molecule has 0 spiro atoms. The van der Waals surface area contributed by atoms with Crippen molar-refractivity contribution >= 4 is 28.4 Å². The molecule has 4 aromatic heterocycles. The van der Waals surface area contributed by atoms with Crippen LogP contribution in [-0.4, -0.2) is 86.2 Å². The van der Waals surface area contributed by atoms with Gasteiger partial charge in [0.15, 0.2) is 17.1 Å². The Kier molecular flexibility index (Phi) is 6.90. The fourth-order valence-electron chi connectivity index (χ4n) is 5.26. The van der Waals surface area contributed by atoms with Crippen LogP contribution in [0.2, 0.25) is 0 Å². The van der Waals surface area contributed by atoms with Gasteiger partial charge in [-0.3, -0.25) is 14.0 Å². The molecule has 5 aromatic rings. The summed E-state index contributed by atoms with van der Waals surface area (Å²) in [7, 11) is 3.38. The van der Waals surface area contributed by atoms with Crippen LogP contribution in [0.3, 0.4) is 0 Å². The molecule has 6 rings (SSSR count). The van der Waals surface area contributed by atoms with E-state index in [2.05, 4.69) is 43.9 Å².